The van der Waals surface area contributed by atoms with Crippen molar-refractivity contribution in [1.29, 1.82) is 0 Å². The lowest BCUT2D eigenvalue weighted by molar-refractivity contribution is -0.0431. The van der Waals surface area contributed by atoms with Crippen LogP contribution in [0.25, 0.3) is 11.2 Å². The molecule has 1 aliphatic heterocycles. The number of anilines is 1. The summed E-state index contributed by atoms with van der Waals surface area (Å²) in [5.74, 6) is 0.168. The van der Waals surface area contributed by atoms with Crippen LogP contribution in [0.3, 0.4) is 0 Å². The van der Waals surface area contributed by atoms with E-state index in [1.807, 2.05) is 0 Å². The van der Waals surface area contributed by atoms with E-state index in [1.165, 1.54) is 17.2 Å². The summed E-state index contributed by atoms with van der Waals surface area (Å²) in [4.78, 5) is 21.4. The van der Waals surface area contributed by atoms with Crippen LogP contribution in [0.5, 0.6) is 0 Å². The zero-order chi connectivity index (χ0) is 24.4. The number of nitrogens with two attached hydrogens (primary N) is 1. The Hall–Kier alpha value is -1.32. The molecule has 1 saturated heterocycles. The van der Waals surface area contributed by atoms with Gasteiger partial charge in [-0.05, 0) is 0 Å². The Kier molecular flexibility index (Phi) is 8.06. The van der Waals surface area contributed by atoms with Crippen molar-refractivity contribution in [2.75, 3.05) is 33.7 Å². The van der Waals surface area contributed by atoms with Crippen molar-refractivity contribution in [3.63, 3.8) is 0 Å². The molecule has 0 radical (unpaired) electrons. The summed E-state index contributed by atoms with van der Waals surface area (Å²) < 4.78 is 71.2. The number of aromatic nitrogens is 4. The molecular weight excluding hydrogens is 511 g/mol. The van der Waals surface area contributed by atoms with Gasteiger partial charge in [0.05, 0.1) is 19.0 Å². The Balaban J connectivity index is 1.68. The maximum Gasteiger partial charge on any atom is 0.492 e. The molecule has 1 aliphatic rings. The second kappa shape index (κ2) is 10.1. The third kappa shape index (κ3) is 6.03. The van der Waals surface area contributed by atoms with Gasteiger partial charge in [0.1, 0.15) is 24.2 Å². The first-order valence-electron chi connectivity index (χ1n) is 8.98. The van der Waals surface area contributed by atoms with Crippen molar-refractivity contribution in [2.45, 2.75) is 24.9 Å². The van der Waals surface area contributed by atoms with Crippen molar-refractivity contribution in [3.8, 4) is 0 Å². The van der Waals surface area contributed by atoms with Crippen molar-refractivity contribution >= 4 is 40.4 Å². The molecule has 0 amide bonds. The molecule has 0 aliphatic carbocycles. The first kappa shape index (κ1) is 26.3. The molecule has 4 N–H and O–H groups in total. The second-order valence-electron chi connectivity index (χ2n) is 6.38. The van der Waals surface area contributed by atoms with Gasteiger partial charge in [0.15, 0.2) is 11.5 Å². The lowest BCUT2D eigenvalue weighted by Crippen LogP contribution is -2.26. The molecule has 6 atom stereocenters. The Labute approximate surface area is 186 Å². The summed E-state index contributed by atoms with van der Waals surface area (Å²) >= 11 is 0. The fourth-order valence-electron chi connectivity index (χ4n) is 2.75. The summed E-state index contributed by atoms with van der Waals surface area (Å²) in [6.07, 6.45) is -0.111. The van der Waals surface area contributed by atoms with Gasteiger partial charge in [-0.3, -0.25) is 22.7 Å². The molecule has 20 heteroatoms. The summed E-state index contributed by atoms with van der Waals surface area (Å²) in [7, 11) is -12.0. The summed E-state index contributed by atoms with van der Waals surface area (Å²) in [6.45, 7) is -0.558. The summed E-state index contributed by atoms with van der Waals surface area (Å²) in [5, 5.41) is 10.4. The Bertz CT molecular complexity index is 1130. The molecular formula is C13H22N5O12P3. The van der Waals surface area contributed by atoms with E-state index >= 15 is 0 Å². The smallest absolute Gasteiger partial charge is 0.390 e. The van der Waals surface area contributed by atoms with Gasteiger partial charge in [0.25, 0.3) is 0 Å². The van der Waals surface area contributed by atoms with Crippen LogP contribution < -0.4 is 5.73 Å². The zero-order valence-electron chi connectivity index (χ0n) is 17.5. The number of phosphoric ester groups is 2. The van der Waals surface area contributed by atoms with Gasteiger partial charge in [0.2, 0.25) is 0 Å². The number of aliphatic hydroxyl groups is 1. The minimum Gasteiger partial charge on any atom is -0.390 e. The molecule has 0 bridgehead atoms. The lowest BCUT2D eigenvalue weighted by Gasteiger charge is -2.23. The normalized spacial score (nSPS) is 26.6. The molecule has 1 fully saturated rings. The molecule has 17 nitrogen and oxygen atoms in total. The largest absolute Gasteiger partial charge is 0.492 e. The highest BCUT2D eigenvalue weighted by molar-refractivity contribution is 7.67. The van der Waals surface area contributed by atoms with Crippen molar-refractivity contribution in [2.24, 2.45) is 0 Å². The second-order valence-corrected chi connectivity index (χ2v) is 11.8. The van der Waals surface area contributed by atoms with Crippen LogP contribution in [0.2, 0.25) is 0 Å². The van der Waals surface area contributed by atoms with Gasteiger partial charge < -0.3 is 20.5 Å². The molecule has 3 heterocycles. The number of hydrogen-bond acceptors (Lipinski definition) is 15. The Morgan fingerprint density at radius 3 is 2.45 bits per heavy atom. The minimum atomic E-state index is -4.93. The molecule has 2 aromatic rings. The average molecular weight is 533 g/mol. The summed E-state index contributed by atoms with van der Waals surface area (Å²) in [5.41, 5.74) is 6.48. The molecule has 186 valence electrons. The molecule has 4 unspecified atom stereocenters. The van der Waals surface area contributed by atoms with Gasteiger partial charge >= 0.3 is 23.5 Å². The van der Waals surface area contributed by atoms with Gasteiger partial charge in [-0.2, -0.15) is 8.62 Å². The van der Waals surface area contributed by atoms with Crippen LogP contribution >= 0.6 is 23.5 Å². The van der Waals surface area contributed by atoms with Crippen LogP contribution in [0, 0.1) is 0 Å². The number of rotatable bonds is 11. The average Bonchev–Trinajstić information content (AvgIpc) is 3.36. The SMILES string of the molecule is COP(=O)(O)OP(=O)(OC)OP(=O)(OC)OC[C@H]1O[C@@H](n2cnc3c(N)ncnc32)CC1O. The van der Waals surface area contributed by atoms with Gasteiger partial charge in [-0.15, -0.1) is 0 Å². The molecule has 0 spiro atoms. The third-order valence-corrected chi connectivity index (χ3v) is 9.43. The van der Waals surface area contributed by atoms with E-state index in [0.29, 0.717) is 11.2 Å². The number of phosphoric acid groups is 3. The van der Waals surface area contributed by atoms with Crippen molar-refractivity contribution in [3.05, 3.63) is 12.7 Å². The maximum absolute atomic E-state index is 12.7. The predicted molar refractivity (Wildman–Crippen MR) is 108 cm³/mol. The zero-order valence-corrected chi connectivity index (χ0v) is 20.2. The monoisotopic (exact) mass is 533 g/mol. The quantitative estimate of drug-likeness (QED) is 0.346. The van der Waals surface area contributed by atoms with Crippen LogP contribution in [0.15, 0.2) is 12.7 Å². The van der Waals surface area contributed by atoms with Gasteiger partial charge in [-0.25, -0.2) is 28.6 Å². The fourth-order valence-corrected chi connectivity index (χ4v) is 6.82. The first-order valence-corrected chi connectivity index (χ1v) is 13.4. The highest BCUT2D eigenvalue weighted by atomic mass is 31.3. The van der Waals surface area contributed by atoms with Crippen LogP contribution in [0.4, 0.5) is 5.82 Å². The number of aliphatic hydroxyl groups excluding tert-OH is 1. The van der Waals surface area contributed by atoms with Crippen molar-refractivity contribution in [1.82, 2.24) is 19.5 Å². The number of nitrogen functional groups attached to an aromatic ring is 1. The van der Waals surface area contributed by atoms with E-state index in [-0.39, 0.29) is 12.2 Å². The van der Waals surface area contributed by atoms with Crippen LogP contribution in [-0.4, -0.2) is 69.7 Å². The summed E-state index contributed by atoms with van der Waals surface area (Å²) in [6, 6.07) is 0. The highest BCUT2D eigenvalue weighted by Gasteiger charge is 2.46. The number of ether oxygens (including phenoxy) is 1. The third-order valence-electron chi connectivity index (χ3n) is 4.38. The highest BCUT2D eigenvalue weighted by Crippen LogP contribution is 2.71. The first-order chi connectivity index (χ1) is 15.4. The molecule has 3 rings (SSSR count). The van der Waals surface area contributed by atoms with E-state index in [1.54, 1.807) is 0 Å². The number of fused-ring (bicyclic) bond motifs is 1. The number of hydrogen-bond donors (Lipinski definition) is 3. The Morgan fingerprint density at radius 1 is 1.12 bits per heavy atom. The van der Waals surface area contributed by atoms with Gasteiger partial charge in [-0.1, -0.05) is 0 Å². The predicted octanol–water partition coefficient (Wildman–Crippen LogP) is 1.36. The molecule has 2 aromatic heterocycles. The molecule has 0 saturated carbocycles. The fraction of sp³-hybridized carbons (Fsp3) is 0.615. The van der Waals surface area contributed by atoms with E-state index < -0.39 is 48.5 Å². The van der Waals surface area contributed by atoms with E-state index in [4.69, 9.17) is 15.0 Å². The topological polar surface area (TPSA) is 226 Å². The van der Waals surface area contributed by atoms with E-state index in [9.17, 15) is 23.7 Å². The van der Waals surface area contributed by atoms with E-state index in [2.05, 4.69) is 37.1 Å². The van der Waals surface area contributed by atoms with Crippen LogP contribution in [-0.2, 0) is 45.1 Å². The van der Waals surface area contributed by atoms with Crippen molar-refractivity contribution < 1.29 is 55.1 Å². The Morgan fingerprint density at radius 2 is 1.82 bits per heavy atom. The molecule has 33 heavy (non-hydrogen) atoms. The standard InChI is InChI=1S/C13H22N5O12P3/c1-24-31(20,21)29-33(23,26-3)30-32(22,25-2)27-5-9-8(19)4-10(28-9)18-7-17-11-12(14)15-6-16-13(11)18/h6-10,19H,4-5H2,1-3H3,(H,20,21)(H2,14,15,16)/t8?,9-,10-,32?,33?/m1/s1. The van der Waals surface area contributed by atoms with Crippen LogP contribution in [0.1, 0.15) is 12.6 Å². The molecule has 0 aromatic carbocycles. The number of nitrogens with zero attached hydrogens (tertiary/aromatic N) is 4. The van der Waals surface area contributed by atoms with E-state index in [0.717, 1.165) is 21.3 Å². The van der Waals surface area contributed by atoms with Gasteiger partial charge in [0, 0.05) is 27.8 Å². The number of imidazole rings is 1. The maximum atomic E-state index is 12.7. The minimum absolute atomic E-state index is 0.0861. The lowest BCUT2D eigenvalue weighted by atomic mass is 10.2.